The number of ether oxygens (including phenoxy) is 3. The molecule has 0 bridgehead atoms. The molecule has 1 aromatic rings. The van der Waals surface area contributed by atoms with Crippen molar-refractivity contribution >= 4 is 27.3 Å². The predicted molar refractivity (Wildman–Crippen MR) is 64.4 cm³/mol. The van der Waals surface area contributed by atoms with E-state index in [4.69, 9.17) is 14.2 Å². The van der Waals surface area contributed by atoms with Crippen LogP contribution in [-0.4, -0.2) is 33.5 Å². The van der Waals surface area contributed by atoms with E-state index >= 15 is 0 Å². The summed E-state index contributed by atoms with van der Waals surface area (Å²) in [5, 5.41) is 0. The average Bonchev–Trinajstić information content (AvgIpc) is 2.63. The summed E-state index contributed by atoms with van der Waals surface area (Å²) >= 11 is 5.10. The standard InChI is InChI=1S/C10H15BrO3S/c1-12-4-5-13-6-7-14-8-9-2-3-10(11)15-9/h2-3H,4-8H2,1H3. The number of halogens is 1. The molecule has 0 aromatic carbocycles. The normalized spacial score (nSPS) is 10.8. The van der Waals surface area contributed by atoms with E-state index in [1.165, 1.54) is 4.88 Å². The van der Waals surface area contributed by atoms with Gasteiger partial charge in [-0.2, -0.15) is 0 Å². The van der Waals surface area contributed by atoms with Gasteiger partial charge in [0, 0.05) is 12.0 Å². The van der Waals surface area contributed by atoms with Crippen LogP contribution in [-0.2, 0) is 20.8 Å². The van der Waals surface area contributed by atoms with Crippen molar-refractivity contribution in [3.8, 4) is 0 Å². The van der Waals surface area contributed by atoms with E-state index < -0.39 is 0 Å². The Hall–Kier alpha value is 0.0600. The topological polar surface area (TPSA) is 27.7 Å². The van der Waals surface area contributed by atoms with Gasteiger partial charge in [0.2, 0.25) is 0 Å². The second-order valence-electron chi connectivity index (χ2n) is 2.86. The molecular weight excluding hydrogens is 280 g/mol. The van der Waals surface area contributed by atoms with Gasteiger partial charge in [-0.3, -0.25) is 0 Å². The van der Waals surface area contributed by atoms with E-state index in [9.17, 15) is 0 Å². The second kappa shape index (κ2) is 8.24. The highest BCUT2D eigenvalue weighted by molar-refractivity contribution is 9.11. The van der Waals surface area contributed by atoms with Crippen LogP contribution in [0.5, 0.6) is 0 Å². The predicted octanol–water partition coefficient (Wildman–Crippen LogP) is 2.69. The van der Waals surface area contributed by atoms with Gasteiger partial charge in [-0.15, -0.1) is 11.3 Å². The summed E-state index contributed by atoms with van der Waals surface area (Å²) in [6.45, 7) is 3.17. The minimum atomic E-state index is 0.621. The zero-order chi connectivity index (χ0) is 10.9. The molecule has 5 heteroatoms. The zero-order valence-corrected chi connectivity index (χ0v) is 11.1. The van der Waals surface area contributed by atoms with Crippen molar-refractivity contribution in [3.05, 3.63) is 20.8 Å². The molecule has 1 aromatic heterocycles. The van der Waals surface area contributed by atoms with Crippen LogP contribution in [0.1, 0.15) is 4.88 Å². The van der Waals surface area contributed by atoms with Crippen molar-refractivity contribution in [2.24, 2.45) is 0 Å². The molecule has 0 fully saturated rings. The van der Waals surface area contributed by atoms with Crippen LogP contribution in [0.4, 0.5) is 0 Å². The Bertz CT molecular complexity index is 265. The van der Waals surface area contributed by atoms with Crippen LogP contribution in [0, 0.1) is 0 Å². The van der Waals surface area contributed by atoms with Gasteiger partial charge in [-0.1, -0.05) is 0 Å². The quantitative estimate of drug-likeness (QED) is 0.690. The molecule has 0 aliphatic carbocycles. The van der Waals surface area contributed by atoms with Gasteiger partial charge in [0.25, 0.3) is 0 Å². The number of hydrogen-bond acceptors (Lipinski definition) is 4. The number of hydrogen-bond donors (Lipinski definition) is 0. The third-order valence-corrected chi connectivity index (χ3v) is 3.27. The average molecular weight is 295 g/mol. The van der Waals surface area contributed by atoms with E-state index in [2.05, 4.69) is 22.0 Å². The highest BCUT2D eigenvalue weighted by Crippen LogP contribution is 2.22. The van der Waals surface area contributed by atoms with Gasteiger partial charge in [-0.05, 0) is 28.1 Å². The van der Waals surface area contributed by atoms with Gasteiger partial charge in [0.05, 0.1) is 36.8 Å². The molecule has 0 aliphatic rings. The van der Waals surface area contributed by atoms with E-state index in [0.717, 1.165) is 3.79 Å². The molecule has 0 unspecified atom stereocenters. The fraction of sp³-hybridized carbons (Fsp3) is 0.600. The fourth-order valence-corrected chi connectivity index (χ4v) is 2.39. The number of rotatable bonds is 8. The van der Waals surface area contributed by atoms with Crippen molar-refractivity contribution in [3.63, 3.8) is 0 Å². The molecule has 0 aliphatic heterocycles. The Kier molecular flexibility index (Phi) is 7.21. The van der Waals surface area contributed by atoms with E-state index in [0.29, 0.717) is 33.0 Å². The molecule has 0 saturated heterocycles. The maximum Gasteiger partial charge on any atom is 0.0810 e. The van der Waals surface area contributed by atoms with Crippen molar-refractivity contribution < 1.29 is 14.2 Å². The van der Waals surface area contributed by atoms with Crippen molar-refractivity contribution in [2.45, 2.75) is 6.61 Å². The summed E-state index contributed by atoms with van der Waals surface area (Å²) in [6, 6.07) is 4.08. The summed E-state index contributed by atoms with van der Waals surface area (Å²) < 4.78 is 16.7. The Morgan fingerprint density at radius 1 is 1.13 bits per heavy atom. The first-order valence-corrected chi connectivity index (χ1v) is 6.32. The summed E-state index contributed by atoms with van der Waals surface area (Å²) in [7, 11) is 1.66. The van der Waals surface area contributed by atoms with Crippen molar-refractivity contribution in [2.75, 3.05) is 33.5 Å². The molecule has 86 valence electrons. The van der Waals surface area contributed by atoms with Crippen LogP contribution in [0.25, 0.3) is 0 Å². The third kappa shape index (κ3) is 6.27. The second-order valence-corrected chi connectivity index (χ2v) is 5.41. The van der Waals surface area contributed by atoms with Crippen molar-refractivity contribution in [1.29, 1.82) is 0 Å². The fourth-order valence-electron chi connectivity index (χ4n) is 0.964. The summed E-state index contributed by atoms with van der Waals surface area (Å²) in [5.74, 6) is 0. The lowest BCUT2D eigenvalue weighted by Crippen LogP contribution is -2.07. The van der Waals surface area contributed by atoms with Gasteiger partial charge < -0.3 is 14.2 Å². The molecule has 0 amide bonds. The molecule has 1 heterocycles. The Labute approximate surface area is 102 Å². The first-order chi connectivity index (χ1) is 7.33. The summed E-state index contributed by atoms with van der Waals surface area (Å²) in [4.78, 5) is 1.22. The lowest BCUT2D eigenvalue weighted by atomic mass is 10.5. The van der Waals surface area contributed by atoms with Crippen LogP contribution >= 0.6 is 27.3 Å². The molecule has 0 saturated carbocycles. The molecule has 0 atom stereocenters. The van der Waals surface area contributed by atoms with E-state index in [1.807, 2.05) is 6.07 Å². The van der Waals surface area contributed by atoms with Crippen LogP contribution < -0.4 is 0 Å². The molecule has 1 rings (SSSR count). The highest BCUT2D eigenvalue weighted by atomic mass is 79.9. The number of thiophene rings is 1. The Balaban J connectivity index is 1.93. The largest absolute Gasteiger partial charge is 0.382 e. The monoisotopic (exact) mass is 294 g/mol. The summed E-state index contributed by atoms with van der Waals surface area (Å²) in [5.41, 5.74) is 0. The molecular formula is C10H15BrO3S. The zero-order valence-electron chi connectivity index (χ0n) is 8.70. The maximum atomic E-state index is 5.44. The minimum absolute atomic E-state index is 0.621. The molecule has 3 nitrogen and oxygen atoms in total. The minimum Gasteiger partial charge on any atom is -0.382 e. The van der Waals surface area contributed by atoms with Crippen LogP contribution in [0.3, 0.4) is 0 Å². The van der Waals surface area contributed by atoms with Crippen molar-refractivity contribution in [1.82, 2.24) is 0 Å². The van der Waals surface area contributed by atoms with Gasteiger partial charge in [0.15, 0.2) is 0 Å². The van der Waals surface area contributed by atoms with E-state index in [-0.39, 0.29) is 0 Å². The highest BCUT2D eigenvalue weighted by Gasteiger charge is 1.97. The van der Waals surface area contributed by atoms with Crippen LogP contribution in [0.15, 0.2) is 15.9 Å². The number of methoxy groups -OCH3 is 1. The molecule has 0 spiro atoms. The first kappa shape index (κ1) is 13.1. The van der Waals surface area contributed by atoms with E-state index in [1.54, 1.807) is 18.4 Å². The summed E-state index contributed by atoms with van der Waals surface area (Å²) in [6.07, 6.45) is 0. The SMILES string of the molecule is COCCOCCOCc1ccc(Br)s1. The Morgan fingerprint density at radius 3 is 2.53 bits per heavy atom. The van der Waals surface area contributed by atoms with Gasteiger partial charge in [-0.25, -0.2) is 0 Å². The Morgan fingerprint density at radius 2 is 1.87 bits per heavy atom. The van der Waals surface area contributed by atoms with Crippen LogP contribution in [0.2, 0.25) is 0 Å². The third-order valence-electron chi connectivity index (χ3n) is 1.68. The lowest BCUT2D eigenvalue weighted by molar-refractivity contribution is 0.0205. The van der Waals surface area contributed by atoms with Gasteiger partial charge in [0.1, 0.15) is 0 Å². The molecule has 0 N–H and O–H groups in total. The maximum absolute atomic E-state index is 5.44. The lowest BCUT2D eigenvalue weighted by Gasteiger charge is -2.04. The molecule has 15 heavy (non-hydrogen) atoms. The molecule has 0 radical (unpaired) electrons. The first-order valence-electron chi connectivity index (χ1n) is 4.71. The smallest absolute Gasteiger partial charge is 0.0810 e. The van der Waals surface area contributed by atoms with Gasteiger partial charge >= 0.3 is 0 Å².